The number of nitrogens with zero attached hydrogens (tertiary/aromatic N) is 10. The summed E-state index contributed by atoms with van der Waals surface area (Å²) in [5.41, 5.74) is 3.67. The Morgan fingerprint density at radius 1 is 0.515 bits per heavy atom. The van der Waals surface area contributed by atoms with Gasteiger partial charge in [-0.25, -0.2) is 26.7 Å². The van der Waals surface area contributed by atoms with Gasteiger partial charge in [0.05, 0.1) is 127 Å². The van der Waals surface area contributed by atoms with Gasteiger partial charge in [-0.15, -0.1) is 0 Å². The molecule has 0 fully saturated rings. The third-order valence-corrected chi connectivity index (χ3v) is 22.7. The van der Waals surface area contributed by atoms with Crippen LogP contribution in [0.15, 0.2) is 201 Å². The number of ketones is 4. The number of carbonyl (C=O) groups is 11. The Bertz CT molecular complexity index is 6390. The summed E-state index contributed by atoms with van der Waals surface area (Å²) >= 11 is 62.6. The van der Waals surface area contributed by atoms with Gasteiger partial charge in [0.1, 0.15) is 17.1 Å². The van der Waals surface area contributed by atoms with Crippen molar-refractivity contribution in [3.8, 4) is 11.1 Å². The Labute approximate surface area is 804 Å². The van der Waals surface area contributed by atoms with Gasteiger partial charge in [-0.3, -0.25) is 52.7 Å². The summed E-state index contributed by atoms with van der Waals surface area (Å²) in [5.74, 6) is -6.79. The summed E-state index contributed by atoms with van der Waals surface area (Å²) in [4.78, 5) is 150. The number of anilines is 4. The zero-order chi connectivity index (χ0) is 97.2. The van der Waals surface area contributed by atoms with E-state index in [1.165, 1.54) is 44.2 Å². The molecule has 0 saturated heterocycles. The van der Waals surface area contributed by atoms with Crippen molar-refractivity contribution in [3.05, 3.63) is 265 Å². The molecule has 2 aliphatic heterocycles. The molecule has 1 aliphatic carbocycles. The second kappa shape index (κ2) is 46.3. The van der Waals surface area contributed by atoms with E-state index >= 15 is 0 Å². The van der Waals surface area contributed by atoms with Crippen LogP contribution in [-0.2, 0) is 44.2 Å². The van der Waals surface area contributed by atoms with Crippen LogP contribution in [0.3, 0.4) is 0 Å². The Morgan fingerprint density at radius 3 is 1.37 bits per heavy atom. The minimum absolute atomic E-state index is 0.00297. The number of para-hydroxylation sites is 4. The largest absolute Gasteiger partial charge is 0.748 e. The highest BCUT2D eigenvalue weighted by Crippen LogP contribution is 2.51. The molecule has 1 aromatic heterocycles. The maximum absolute atomic E-state index is 13.5. The summed E-state index contributed by atoms with van der Waals surface area (Å²) < 4.78 is 54.5. The number of carbonyl (C=O) groups excluding carboxylic acids is 11. The summed E-state index contributed by atoms with van der Waals surface area (Å²) in [7, 11) is -0.0173. The number of hydrogen-bond donors (Lipinski definition) is 6. The summed E-state index contributed by atoms with van der Waals surface area (Å²) in [6.45, 7) is 5.07. The van der Waals surface area contributed by atoms with Crippen LogP contribution in [0, 0.1) is 0 Å². The molecule has 0 bridgehead atoms. The number of aliphatic hydroxyl groups is 1. The minimum Gasteiger partial charge on any atom is -0.748 e. The highest BCUT2D eigenvalue weighted by atomic mass is 35.5. The maximum Gasteiger partial charge on any atom is 0.267 e. The molecular formula is C87H73Cl10N15O18S2-2. The third-order valence-electron chi connectivity index (χ3n) is 18.4. The third kappa shape index (κ3) is 27.2. The number of nitrogens with one attached hydrogen (secondary N) is 5. The van der Waals surface area contributed by atoms with Crippen molar-refractivity contribution >= 4 is 263 Å². The molecular weight excluding hydrogens is 1960 g/mol. The van der Waals surface area contributed by atoms with Crippen LogP contribution in [0.1, 0.15) is 100 Å². The lowest BCUT2D eigenvalue weighted by Crippen LogP contribution is -2.38. The molecule has 3 unspecified atom stereocenters. The van der Waals surface area contributed by atoms with Gasteiger partial charge >= 0.3 is 0 Å². The zero-order valence-electron chi connectivity index (χ0n) is 70.1. The highest BCUT2D eigenvalue weighted by Gasteiger charge is 2.44. The summed E-state index contributed by atoms with van der Waals surface area (Å²) in [6, 6.07) is 42.2. The zero-order valence-corrected chi connectivity index (χ0v) is 79.3. The molecule has 13 rings (SSSR count). The minimum atomic E-state index is -3.92. The van der Waals surface area contributed by atoms with Crippen LogP contribution in [0.5, 0.6) is 0 Å². The van der Waals surface area contributed by atoms with Crippen molar-refractivity contribution < 1.29 is 83.8 Å². The number of rotatable bonds is 25. The van der Waals surface area contributed by atoms with E-state index in [9.17, 15) is 57.8 Å². The molecule has 7 amide bonds. The molecule has 0 saturated carbocycles. The van der Waals surface area contributed by atoms with Crippen LogP contribution < -0.4 is 31.5 Å². The number of aromatic nitrogens is 1. The van der Waals surface area contributed by atoms with Crippen molar-refractivity contribution in [1.82, 2.24) is 25.4 Å². The second-order valence-electron chi connectivity index (χ2n) is 29.1. The predicted octanol–water partition coefficient (Wildman–Crippen LogP) is 18.6. The lowest BCUT2D eigenvalue weighted by atomic mass is 9.98. The fraction of sp³-hybridized carbons (Fsp3) is 0.195. The molecule has 45 heteroatoms. The van der Waals surface area contributed by atoms with Gasteiger partial charge < -0.3 is 50.6 Å². The van der Waals surface area contributed by atoms with Gasteiger partial charge in [-0.2, -0.15) is 30.7 Å². The van der Waals surface area contributed by atoms with E-state index in [0.717, 1.165) is 30.8 Å². The van der Waals surface area contributed by atoms with Crippen LogP contribution in [-0.4, -0.2) is 195 Å². The number of benzene rings is 9. The molecule has 688 valence electrons. The van der Waals surface area contributed by atoms with E-state index in [4.69, 9.17) is 142 Å². The first-order chi connectivity index (χ1) is 62.1. The lowest BCUT2D eigenvalue weighted by Gasteiger charge is -2.19. The van der Waals surface area contributed by atoms with Crippen molar-refractivity contribution in [2.45, 2.75) is 44.8 Å². The van der Waals surface area contributed by atoms with Gasteiger partial charge in [-0.1, -0.05) is 195 Å². The Balaban J connectivity index is 0.000000212. The first-order valence-corrected chi connectivity index (χ1v) is 45.9. The molecule has 33 nitrogen and oxygen atoms in total. The number of azo groups is 3. The molecule has 6 N–H and O–H groups in total. The molecule has 0 spiro atoms. The molecule has 10 aromatic rings. The normalized spacial score (nSPS) is 13.8. The Kier molecular flexibility index (Phi) is 36.5. The van der Waals surface area contributed by atoms with Gasteiger partial charge in [0.15, 0.2) is 11.6 Å². The van der Waals surface area contributed by atoms with Gasteiger partial charge in [-0.05, 0) is 170 Å². The number of fused-ring (bicyclic) bond motifs is 4. The molecule has 0 radical (unpaired) electrons. The van der Waals surface area contributed by atoms with Crippen molar-refractivity contribution in [3.63, 3.8) is 0 Å². The first-order valence-electron chi connectivity index (χ1n) is 38.5. The molecule has 3 atom stereocenters. The van der Waals surface area contributed by atoms with Gasteiger partial charge in [0, 0.05) is 59.1 Å². The fourth-order valence-corrected chi connectivity index (χ4v) is 14.9. The number of allylic oxidation sites excluding steroid dienone is 1. The smallest absolute Gasteiger partial charge is 0.267 e. The van der Waals surface area contributed by atoms with E-state index in [1.807, 2.05) is 38.0 Å². The number of amides is 7. The second-order valence-corrected chi connectivity index (χ2v) is 35.7. The van der Waals surface area contributed by atoms with E-state index in [-0.39, 0.29) is 135 Å². The summed E-state index contributed by atoms with van der Waals surface area (Å²) in [5, 5.41) is 48.3. The number of hydrogen-bond acceptors (Lipinski definition) is 27. The first kappa shape index (κ1) is 104. The van der Waals surface area contributed by atoms with Crippen molar-refractivity contribution in [1.29, 1.82) is 0 Å². The average molecular weight is 2040 g/mol. The van der Waals surface area contributed by atoms with Crippen molar-refractivity contribution in [2.24, 2.45) is 30.7 Å². The van der Waals surface area contributed by atoms with Crippen LogP contribution in [0.2, 0.25) is 50.2 Å². The number of Topliss-reactive ketones (excluding diaryl/α,β-unsaturated/α-hetero) is 4. The Morgan fingerprint density at radius 2 is 0.939 bits per heavy atom. The molecule has 3 heterocycles. The number of aliphatic hydroxyl groups excluding tert-OH is 1. The van der Waals surface area contributed by atoms with Crippen LogP contribution in [0.4, 0.5) is 39.8 Å². The average Bonchev–Trinajstić information content (AvgIpc) is 1.57. The van der Waals surface area contributed by atoms with Gasteiger partial charge in [0.2, 0.25) is 29.7 Å². The topological polar surface area (TPSA) is 479 Å². The fourth-order valence-electron chi connectivity index (χ4n) is 12.4. The molecule has 9 aromatic carbocycles. The van der Waals surface area contributed by atoms with Crippen LogP contribution >= 0.6 is 116 Å². The van der Waals surface area contributed by atoms with E-state index in [2.05, 4.69) is 62.3 Å². The SMILES string of the molecule is CC(=O)C(N=Nc1ccc(-c2ccc(N=NC(C(C)=O)C(=O)Nc3ccccc3)c(Cl)c2)cc1Cl)C(=O)Nc1ccccc1.CN(C)CCCNC(=O)c1cc(N=NC2C(=O)Nc3ccccc3C2=O)cc(C(=O)NCCCN(C)C)c1.CS(=O)(=O)[O-].CS(=O)(=O)[O-].O=C1C(c2ccc3cccc(N4C(=O)c5c(Cl)c(Cl)c(Cl)c(Cl)c5C4=O)c3n2)=C(O)c2c(Cl)c(Cl)c(Cl)c(Cl)c21. The summed E-state index contributed by atoms with van der Waals surface area (Å²) in [6.07, 6.45) is 2.73. The monoisotopic (exact) mass is 2030 g/mol. The highest BCUT2D eigenvalue weighted by molar-refractivity contribution is 7.85. The number of pyridine rings is 1. The predicted molar refractivity (Wildman–Crippen MR) is 506 cm³/mol. The van der Waals surface area contributed by atoms with Crippen molar-refractivity contribution in [2.75, 3.05) is 87.7 Å². The Hall–Kier alpha value is -11.5. The van der Waals surface area contributed by atoms with Crippen LogP contribution in [0.25, 0.3) is 33.4 Å². The lowest BCUT2D eigenvalue weighted by molar-refractivity contribution is -0.127. The number of halogens is 10. The van der Waals surface area contributed by atoms with E-state index in [0.29, 0.717) is 64.7 Å². The quantitative estimate of drug-likeness (QED) is 0.00588. The van der Waals surface area contributed by atoms with E-state index in [1.54, 1.807) is 140 Å². The van der Waals surface area contributed by atoms with E-state index < -0.39 is 96.8 Å². The standard InChI is InChI=1S/C32H26Cl2N6O4.C27H35N7O4.C26H6Cl8N2O4.2CH4O3S/c1-19(41)29(31(43)35-23-9-5-3-6-10-23)39-37-27-15-13-21(17-25(27)33)22-14-16-28(26(34)18-22)38-40-30(20(2)42)32(44)36-24-11-7-4-8-12-24;1-33(2)13-7-11-28-25(36)18-15-19(26(37)29-12-8-14-34(3)4)17-20(16-18)31-32-23-24(35)21-9-5-6-10-22(21)30-27(23)38;27-14-10-11(15(28)19(32)18(14)31)24(38)9(23(10)37)7-5-4-6-2-1-3-8(22(6)35-7)36-25(39)12-13(26(36)40)17(30)21(34)20(33)16(12)29;2*1-5(2,3)4/h3-18,29-30H,1-2H3,(H,35,43)(H,36,44);5-6,9-10,15-17,23H,7-8,11-14H2,1-4H3,(H,28,36)(H,29,37)(H,30,38);1-5,37H;2*1H3,(H,2,3,4)/p-2. The number of imide groups is 1. The maximum atomic E-state index is 13.5. The molecule has 132 heavy (non-hydrogen) atoms. The molecule has 3 aliphatic rings. The van der Waals surface area contributed by atoms with Gasteiger partial charge in [0.25, 0.3) is 41.4 Å².